The van der Waals surface area contributed by atoms with Crippen molar-refractivity contribution in [2.24, 2.45) is 0 Å². The topological polar surface area (TPSA) is 59.6 Å². The lowest BCUT2D eigenvalue weighted by atomic mass is 10.1. The average molecular weight is 389 g/mol. The van der Waals surface area contributed by atoms with Crippen LogP contribution in [0.2, 0.25) is 5.02 Å². The fourth-order valence-electron chi connectivity index (χ4n) is 2.45. The zero-order valence-corrected chi connectivity index (χ0v) is 16.4. The number of hydrogen-bond donors (Lipinski definition) is 2. The quantitative estimate of drug-likeness (QED) is 0.657. The Hall–Kier alpha value is -2.66. The average Bonchev–Trinajstić information content (AvgIpc) is 2.64. The molecule has 0 bridgehead atoms. The minimum Gasteiger partial charge on any atom is -0.490 e. The number of ether oxygens (including phenoxy) is 2. The Morgan fingerprint density at radius 2 is 1.85 bits per heavy atom. The number of benzene rings is 2. The molecule has 0 spiro atoms. The highest BCUT2D eigenvalue weighted by molar-refractivity contribution is 6.30. The molecule has 0 aliphatic carbocycles. The summed E-state index contributed by atoms with van der Waals surface area (Å²) in [5.41, 5.74) is 1.98. The van der Waals surface area contributed by atoms with Gasteiger partial charge >= 0.3 is 6.03 Å². The second kappa shape index (κ2) is 11.1. The standard InChI is InChI=1S/C21H25ClN2O3/c1-3-26-19-9-8-17(15-20(19)27-4-2)11-13-24-21(25)23-12-10-16-6-5-7-18(22)14-16/h5-10,12,14-15H,3-4,11,13H2,1-2H3,(H2,23,24,25)/b12-10+. The van der Waals surface area contributed by atoms with Crippen molar-refractivity contribution in [2.75, 3.05) is 19.8 Å². The number of rotatable bonds is 9. The van der Waals surface area contributed by atoms with Crippen molar-refractivity contribution >= 4 is 23.7 Å². The molecule has 5 nitrogen and oxygen atoms in total. The number of nitrogens with one attached hydrogen (secondary N) is 2. The molecule has 2 rings (SSSR count). The van der Waals surface area contributed by atoms with Crippen molar-refractivity contribution in [1.82, 2.24) is 10.6 Å². The first kappa shape index (κ1) is 20.6. The third kappa shape index (κ3) is 7.23. The van der Waals surface area contributed by atoms with E-state index in [1.165, 1.54) is 0 Å². The van der Waals surface area contributed by atoms with Gasteiger partial charge in [0.2, 0.25) is 0 Å². The molecule has 0 aliphatic rings. The van der Waals surface area contributed by atoms with E-state index >= 15 is 0 Å². The largest absolute Gasteiger partial charge is 0.490 e. The molecule has 144 valence electrons. The molecule has 0 fully saturated rings. The van der Waals surface area contributed by atoms with E-state index in [2.05, 4.69) is 10.6 Å². The summed E-state index contributed by atoms with van der Waals surface area (Å²) in [5.74, 6) is 1.46. The highest BCUT2D eigenvalue weighted by Crippen LogP contribution is 2.28. The fraction of sp³-hybridized carbons (Fsp3) is 0.286. The van der Waals surface area contributed by atoms with Crippen molar-refractivity contribution in [3.63, 3.8) is 0 Å². The van der Waals surface area contributed by atoms with E-state index in [-0.39, 0.29) is 6.03 Å². The SMILES string of the molecule is CCOc1ccc(CCNC(=O)N/C=C/c2cccc(Cl)c2)cc1OCC. The summed E-state index contributed by atoms with van der Waals surface area (Å²) >= 11 is 5.92. The summed E-state index contributed by atoms with van der Waals surface area (Å²) in [6, 6.07) is 13.0. The van der Waals surface area contributed by atoms with Crippen molar-refractivity contribution in [3.05, 3.63) is 64.8 Å². The maximum absolute atomic E-state index is 11.9. The molecule has 2 N–H and O–H groups in total. The molecule has 6 heteroatoms. The highest BCUT2D eigenvalue weighted by atomic mass is 35.5. The number of carbonyl (C=O) groups excluding carboxylic acids is 1. The predicted molar refractivity (Wildman–Crippen MR) is 110 cm³/mol. The van der Waals surface area contributed by atoms with Gasteiger partial charge in [0.05, 0.1) is 13.2 Å². The molecule has 27 heavy (non-hydrogen) atoms. The maximum Gasteiger partial charge on any atom is 0.318 e. The van der Waals surface area contributed by atoms with E-state index in [0.29, 0.717) is 31.2 Å². The number of hydrogen-bond acceptors (Lipinski definition) is 3. The molecule has 0 aromatic heterocycles. The summed E-state index contributed by atoms with van der Waals surface area (Å²) in [7, 11) is 0. The molecule has 0 saturated heterocycles. The molecule has 2 aromatic carbocycles. The molecule has 0 heterocycles. The lowest BCUT2D eigenvalue weighted by molar-refractivity contribution is 0.244. The Labute approximate surface area is 165 Å². The maximum atomic E-state index is 11.9. The van der Waals surface area contributed by atoms with E-state index in [0.717, 1.165) is 22.6 Å². The predicted octanol–water partition coefficient (Wildman–Crippen LogP) is 4.65. The van der Waals surface area contributed by atoms with Crippen molar-refractivity contribution in [1.29, 1.82) is 0 Å². The van der Waals surface area contributed by atoms with Gasteiger partial charge in [0.15, 0.2) is 11.5 Å². The fourth-order valence-corrected chi connectivity index (χ4v) is 2.64. The second-order valence-electron chi connectivity index (χ2n) is 5.69. The minimum absolute atomic E-state index is 0.260. The Morgan fingerprint density at radius 3 is 2.59 bits per heavy atom. The first-order chi connectivity index (χ1) is 13.1. The van der Waals surface area contributed by atoms with Crippen LogP contribution in [0, 0.1) is 0 Å². The number of halogens is 1. The first-order valence-electron chi connectivity index (χ1n) is 8.97. The smallest absolute Gasteiger partial charge is 0.318 e. The molecule has 0 radical (unpaired) electrons. The third-order valence-electron chi connectivity index (χ3n) is 3.65. The van der Waals surface area contributed by atoms with Gasteiger partial charge in [0.25, 0.3) is 0 Å². The molecular formula is C21H25ClN2O3. The highest BCUT2D eigenvalue weighted by Gasteiger charge is 2.06. The number of carbonyl (C=O) groups is 1. The van der Waals surface area contributed by atoms with Gasteiger partial charge in [0.1, 0.15) is 0 Å². The van der Waals surface area contributed by atoms with Gasteiger partial charge < -0.3 is 20.1 Å². The lowest BCUT2D eigenvalue weighted by Gasteiger charge is -2.12. The molecular weight excluding hydrogens is 364 g/mol. The normalized spacial score (nSPS) is 10.6. The summed E-state index contributed by atoms with van der Waals surface area (Å²) in [6.45, 7) is 5.54. The summed E-state index contributed by atoms with van der Waals surface area (Å²) in [6.07, 6.45) is 4.06. The minimum atomic E-state index is -0.260. The Morgan fingerprint density at radius 1 is 1.07 bits per heavy atom. The number of urea groups is 1. The van der Waals surface area contributed by atoms with Crippen LogP contribution in [0.4, 0.5) is 4.79 Å². The van der Waals surface area contributed by atoms with Crippen LogP contribution in [0.5, 0.6) is 11.5 Å². The summed E-state index contributed by atoms with van der Waals surface area (Å²) in [4.78, 5) is 11.9. The van der Waals surface area contributed by atoms with Crippen LogP contribution in [0.15, 0.2) is 48.7 Å². The molecule has 2 aromatic rings. The van der Waals surface area contributed by atoms with E-state index in [4.69, 9.17) is 21.1 Å². The van der Waals surface area contributed by atoms with Gasteiger partial charge in [0, 0.05) is 17.8 Å². The molecule has 2 amide bonds. The van der Waals surface area contributed by atoms with Gasteiger partial charge in [-0.05, 0) is 61.7 Å². The second-order valence-corrected chi connectivity index (χ2v) is 6.12. The third-order valence-corrected chi connectivity index (χ3v) is 3.88. The summed E-state index contributed by atoms with van der Waals surface area (Å²) in [5, 5.41) is 6.15. The molecule has 0 atom stereocenters. The van der Waals surface area contributed by atoms with Crippen molar-refractivity contribution < 1.29 is 14.3 Å². The van der Waals surface area contributed by atoms with Crippen molar-refractivity contribution in [3.8, 4) is 11.5 Å². The van der Waals surface area contributed by atoms with Crippen LogP contribution in [0.3, 0.4) is 0 Å². The van der Waals surface area contributed by atoms with E-state index < -0.39 is 0 Å². The van der Waals surface area contributed by atoms with E-state index in [1.54, 1.807) is 18.3 Å². The van der Waals surface area contributed by atoms with Crippen molar-refractivity contribution in [2.45, 2.75) is 20.3 Å². The van der Waals surface area contributed by atoms with Crippen LogP contribution < -0.4 is 20.1 Å². The van der Waals surface area contributed by atoms with E-state index in [1.807, 2.05) is 50.2 Å². The van der Waals surface area contributed by atoms with Gasteiger partial charge in [-0.15, -0.1) is 0 Å². The van der Waals surface area contributed by atoms with E-state index in [9.17, 15) is 4.79 Å². The molecule has 0 unspecified atom stereocenters. The molecule has 0 aliphatic heterocycles. The van der Waals surface area contributed by atoms with Crippen LogP contribution in [-0.4, -0.2) is 25.8 Å². The van der Waals surface area contributed by atoms with Crippen LogP contribution in [0.25, 0.3) is 6.08 Å². The first-order valence-corrected chi connectivity index (χ1v) is 9.35. The summed E-state index contributed by atoms with van der Waals surface area (Å²) < 4.78 is 11.2. The van der Waals surface area contributed by atoms with Gasteiger partial charge in [-0.25, -0.2) is 4.79 Å². The Bertz CT molecular complexity index is 778. The van der Waals surface area contributed by atoms with Gasteiger partial charge in [-0.3, -0.25) is 0 Å². The lowest BCUT2D eigenvalue weighted by Crippen LogP contribution is -2.33. The van der Waals surface area contributed by atoms with Crippen LogP contribution >= 0.6 is 11.6 Å². The molecule has 0 saturated carbocycles. The zero-order chi connectivity index (χ0) is 19.5. The zero-order valence-electron chi connectivity index (χ0n) is 15.6. The number of amides is 2. The monoisotopic (exact) mass is 388 g/mol. The van der Waals surface area contributed by atoms with Gasteiger partial charge in [-0.2, -0.15) is 0 Å². The van der Waals surface area contributed by atoms with Gasteiger partial charge in [-0.1, -0.05) is 29.8 Å². The Balaban J connectivity index is 1.79. The van der Waals surface area contributed by atoms with Crippen LogP contribution in [-0.2, 0) is 6.42 Å². The Kier molecular flexibility index (Phi) is 8.52. The van der Waals surface area contributed by atoms with Crippen LogP contribution in [0.1, 0.15) is 25.0 Å².